The molecule has 0 bridgehead atoms. The Kier molecular flexibility index (Phi) is 4.34. The molecule has 132 valence electrons. The largest absolute Gasteiger partial charge is 0.444 e. The Morgan fingerprint density at radius 2 is 1.96 bits per heavy atom. The van der Waals surface area contributed by atoms with Gasteiger partial charge >= 0.3 is 12.3 Å². The second kappa shape index (κ2) is 5.84. The topological polar surface area (TPSA) is 78.2 Å². The maximum Gasteiger partial charge on any atom is 0.412 e. The highest BCUT2D eigenvalue weighted by Crippen LogP contribution is 2.22. The van der Waals surface area contributed by atoms with Crippen LogP contribution in [0.3, 0.4) is 0 Å². The van der Waals surface area contributed by atoms with Crippen molar-refractivity contribution in [3.63, 3.8) is 0 Å². The molecule has 2 aromatic rings. The van der Waals surface area contributed by atoms with E-state index in [4.69, 9.17) is 4.74 Å². The average molecular weight is 346 g/mol. The lowest BCUT2D eigenvalue weighted by Gasteiger charge is -2.19. The molecule has 24 heavy (non-hydrogen) atoms. The minimum atomic E-state index is -4.56. The summed E-state index contributed by atoms with van der Waals surface area (Å²) in [5.74, 6) is 0. The number of nitrogens with zero attached hydrogens (tertiary/aromatic N) is 3. The number of aryl methyl sites for hydroxylation is 1. The van der Waals surface area contributed by atoms with Crippen molar-refractivity contribution in [2.75, 3.05) is 5.32 Å². The van der Waals surface area contributed by atoms with Gasteiger partial charge in [-0.3, -0.25) is 14.7 Å². The number of rotatable bonds is 2. The smallest absolute Gasteiger partial charge is 0.412 e. The third-order valence-corrected chi connectivity index (χ3v) is 2.93. The molecule has 0 unspecified atom stereocenters. The van der Waals surface area contributed by atoms with Gasteiger partial charge in [0.1, 0.15) is 29.5 Å². The van der Waals surface area contributed by atoms with Gasteiger partial charge in [-0.25, -0.2) is 9.78 Å². The molecular weight excluding hydrogens is 329 g/mol. The number of aromatic nitrogens is 3. The number of nitrogens with one attached hydrogen (secondary N) is 1. The molecule has 0 spiro atoms. The van der Waals surface area contributed by atoms with E-state index >= 15 is 0 Å². The van der Waals surface area contributed by atoms with Gasteiger partial charge < -0.3 is 9.30 Å². The maximum atomic E-state index is 12.5. The highest BCUT2D eigenvalue weighted by molar-refractivity contribution is 5.98. The Morgan fingerprint density at radius 1 is 1.33 bits per heavy atom. The van der Waals surface area contributed by atoms with Crippen LogP contribution in [0.5, 0.6) is 0 Å². The predicted molar refractivity (Wildman–Crippen MR) is 80.9 cm³/mol. The zero-order valence-corrected chi connectivity index (χ0v) is 13.6. The summed E-state index contributed by atoms with van der Waals surface area (Å²) in [6.45, 7) is 3.52. The first-order valence-electron chi connectivity index (χ1n) is 6.98. The maximum absolute atomic E-state index is 12.5. The van der Waals surface area contributed by atoms with E-state index < -0.39 is 30.0 Å². The molecule has 2 heterocycles. The van der Waals surface area contributed by atoms with Crippen LogP contribution in [0.25, 0.3) is 11.0 Å². The molecule has 0 saturated heterocycles. The number of ether oxygens (including phenoxy) is 1. The summed E-state index contributed by atoms with van der Waals surface area (Å²) in [7, 11) is 1.56. The Bertz CT molecular complexity index is 831. The van der Waals surface area contributed by atoms with Gasteiger partial charge in [0.05, 0.1) is 5.69 Å². The summed E-state index contributed by atoms with van der Waals surface area (Å²) < 4.78 is 44.6. The molecule has 10 heteroatoms. The van der Waals surface area contributed by atoms with E-state index in [1.807, 2.05) is 0 Å². The van der Waals surface area contributed by atoms with Gasteiger partial charge in [-0.05, 0) is 20.8 Å². The van der Waals surface area contributed by atoms with Crippen LogP contribution in [0.4, 0.5) is 23.7 Å². The fourth-order valence-corrected chi connectivity index (χ4v) is 2.12. The molecule has 0 aliphatic rings. The second-order valence-electron chi connectivity index (χ2n) is 6.27. The quantitative estimate of drug-likeness (QED) is 0.907. The number of amides is 1. The summed E-state index contributed by atoms with van der Waals surface area (Å²) in [6, 6.07) is 0. The number of hydrogen-bond donors (Lipinski definition) is 1. The third kappa shape index (κ3) is 4.06. The Morgan fingerprint density at radius 3 is 2.50 bits per heavy atom. The van der Waals surface area contributed by atoms with Gasteiger partial charge in [0.2, 0.25) is 0 Å². The number of alkyl halides is 3. The molecule has 0 saturated carbocycles. The molecule has 0 aliphatic heterocycles. The van der Waals surface area contributed by atoms with Gasteiger partial charge in [-0.2, -0.15) is 13.2 Å². The molecule has 1 N–H and O–H groups in total. The SMILES string of the molecule is Cn1cc(NC(=O)OC(C)(C)C)c2c(=O)n(CC(F)(F)F)cnc21. The fraction of sp³-hybridized carbons (Fsp3) is 0.500. The summed E-state index contributed by atoms with van der Waals surface area (Å²) in [4.78, 5) is 28.0. The van der Waals surface area contributed by atoms with Crippen LogP contribution >= 0.6 is 0 Å². The van der Waals surface area contributed by atoms with E-state index in [9.17, 15) is 22.8 Å². The first-order valence-corrected chi connectivity index (χ1v) is 6.98. The van der Waals surface area contributed by atoms with E-state index in [2.05, 4.69) is 10.3 Å². The average Bonchev–Trinajstić information content (AvgIpc) is 2.66. The molecule has 2 aromatic heterocycles. The van der Waals surface area contributed by atoms with Crippen molar-refractivity contribution in [2.45, 2.75) is 39.1 Å². The van der Waals surface area contributed by atoms with E-state index in [1.165, 1.54) is 10.8 Å². The number of hydrogen-bond acceptors (Lipinski definition) is 4. The van der Waals surface area contributed by atoms with Gasteiger partial charge in [0.25, 0.3) is 5.56 Å². The van der Waals surface area contributed by atoms with Crippen molar-refractivity contribution >= 4 is 22.8 Å². The van der Waals surface area contributed by atoms with Crippen LogP contribution < -0.4 is 10.9 Å². The molecule has 0 aliphatic carbocycles. The molecule has 0 atom stereocenters. The molecule has 0 radical (unpaired) electrons. The molecule has 0 aromatic carbocycles. The van der Waals surface area contributed by atoms with Crippen LogP contribution in [0, 0.1) is 0 Å². The van der Waals surface area contributed by atoms with Gasteiger partial charge in [-0.1, -0.05) is 0 Å². The van der Waals surface area contributed by atoms with Crippen LogP contribution in [0.1, 0.15) is 20.8 Å². The number of carbonyl (C=O) groups is 1. The lowest BCUT2D eigenvalue weighted by Crippen LogP contribution is -2.29. The molecular formula is C14H17F3N4O3. The Hall–Kier alpha value is -2.52. The zero-order chi connectivity index (χ0) is 18.3. The molecule has 2 rings (SSSR count). The lowest BCUT2D eigenvalue weighted by molar-refractivity contribution is -0.141. The standard InChI is InChI=1S/C14H17F3N4O3/c1-13(2,3)24-12(23)19-8-5-20(4)10-9(8)11(22)21(7-18-10)6-14(15,16)17/h5,7H,6H2,1-4H3,(H,19,23). The normalized spacial score (nSPS) is 12.5. The van der Waals surface area contributed by atoms with Crippen molar-refractivity contribution in [1.82, 2.24) is 14.1 Å². The number of halogens is 3. The molecule has 7 nitrogen and oxygen atoms in total. The van der Waals surface area contributed by atoms with Gasteiger partial charge in [0.15, 0.2) is 0 Å². The van der Waals surface area contributed by atoms with Gasteiger partial charge in [-0.15, -0.1) is 0 Å². The second-order valence-corrected chi connectivity index (χ2v) is 6.27. The van der Waals surface area contributed by atoms with Crippen molar-refractivity contribution in [3.05, 3.63) is 22.9 Å². The highest BCUT2D eigenvalue weighted by Gasteiger charge is 2.29. The van der Waals surface area contributed by atoms with Crippen LogP contribution in [0.2, 0.25) is 0 Å². The summed E-state index contributed by atoms with van der Waals surface area (Å²) in [5, 5.41) is 2.26. The van der Waals surface area contributed by atoms with Crippen LogP contribution in [-0.4, -0.2) is 32.0 Å². The molecule has 1 amide bonds. The van der Waals surface area contributed by atoms with Crippen molar-refractivity contribution in [1.29, 1.82) is 0 Å². The van der Waals surface area contributed by atoms with E-state index in [1.54, 1.807) is 27.8 Å². The Balaban J connectivity index is 2.46. The van der Waals surface area contributed by atoms with Crippen LogP contribution in [-0.2, 0) is 18.3 Å². The lowest BCUT2D eigenvalue weighted by atomic mass is 10.2. The van der Waals surface area contributed by atoms with Gasteiger partial charge in [0, 0.05) is 13.2 Å². The molecule has 0 fully saturated rings. The minimum Gasteiger partial charge on any atom is -0.444 e. The first kappa shape index (κ1) is 17.8. The monoisotopic (exact) mass is 346 g/mol. The first-order chi connectivity index (χ1) is 10.9. The highest BCUT2D eigenvalue weighted by atomic mass is 19.4. The van der Waals surface area contributed by atoms with Crippen molar-refractivity contribution in [2.24, 2.45) is 7.05 Å². The Labute approximate surface area is 135 Å². The zero-order valence-electron chi connectivity index (χ0n) is 13.6. The van der Waals surface area contributed by atoms with Crippen molar-refractivity contribution < 1.29 is 22.7 Å². The number of carbonyl (C=O) groups excluding carboxylic acids is 1. The van der Waals surface area contributed by atoms with E-state index in [-0.39, 0.29) is 16.7 Å². The third-order valence-electron chi connectivity index (χ3n) is 2.93. The summed E-state index contributed by atoms with van der Waals surface area (Å²) in [5.41, 5.74) is -1.46. The van der Waals surface area contributed by atoms with Crippen molar-refractivity contribution in [3.8, 4) is 0 Å². The van der Waals surface area contributed by atoms with E-state index in [0.717, 1.165) is 6.33 Å². The minimum absolute atomic E-state index is 0.0378. The number of fused-ring (bicyclic) bond motifs is 1. The summed E-state index contributed by atoms with van der Waals surface area (Å²) in [6.07, 6.45) is -3.16. The number of anilines is 1. The van der Waals surface area contributed by atoms with E-state index in [0.29, 0.717) is 4.57 Å². The van der Waals surface area contributed by atoms with Crippen LogP contribution in [0.15, 0.2) is 17.3 Å². The fourth-order valence-electron chi connectivity index (χ4n) is 2.12. The predicted octanol–water partition coefficient (Wildman–Crippen LogP) is 2.64. The summed E-state index contributed by atoms with van der Waals surface area (Å²) >= 11 is 0.